The second-order valence-corrected chi connectivity index (χ2v) is 5.50. The molecule has 0 saturated carbocycles. The monoisotopic (exact) mass is 343 g/mol. The largest absolute Gasteiger partial charge is 0.322 e. The summed E-state index contributed by atoms with van der Waals surface area (Å²) in [7, 11) is 0. The number of benzene rings is 2. The SMILES string of the molecule is O=C1C=CC(c2cccc(NC(=O)c3cc(Cl)ccc3F)c2)N=N1. The number of amides is 2. The Morgan fingerprint density at radius 1 is 1.21 bits per heavy atom. The van der Waals surface area contributed by atoms with Gasteiger partial charge in [-0.15, -0.1) is 5.11 Å². The zero-order valence-corrected chi connectivity index (χ0v) is 13.0. The third-order valence-corrected chi connectivity index (χ3v) is 3.60. The molecule has 24 heavy (non-hydrogen) atoms. The molecule has 0 aromatic heterocycles. The van der Waals surface area contributed by atoms with E-state index < -0.39 is 23.7 Å². The molecule has 2 aromatic rings. The summed E-state index contributed by atoms with van der Waals surface area (Å²) >= 11 is 5.80. The van der Waals surface area contributed by atoms with Crippen LogP contribution in [-0.4, -0.2) is 11.8 Å². The summed E-state index contributed by atoms with van der Waals surface area (Å²) in [4.78, 5) is 23.2. The molecule has 1 unspecified atom stereocenters. The van der Waals surface area contributed by atoms with Crippen LogP contribution in [0, 0.1) is 5.82 Å². The van der Waals surface area contributed by atoms with Crippen LogP contribution in [0.1, 0.15) is 22.0 Å². The van der Waals surface area contributed by atoms with E-state index in [2.05, 4.69) is 15.5 Å². The van der Waals surface area contributed by atoms with Crippen LogP contribution in [0.3, 0.4) is 0 Å². The van der Waals surface area contributed by atoms with Crippen molar-refractivity contribution in [2.45, 2.75) is 6.04 Å². The predicted molar refractivity (Wildman–Crippen MR) is 87.5 cm³/mol. The van der Waals surface area contributed by atoms with Crippen LogP contribution in [0.5, 0.6) is 0 Å². The van der Waals surface area contributed by atoms with Crippen LogP contribution in [-0.2, 0) is 4.79 Å². The fraction of sp³-hybridized carbons (Fsp3) is 0.0588. The topological polar surface area (TPSA) is 70.9 Å². The van der Waals surface area contributed by atoms with Gasteiger partial charge in [0, 0.05) is 16.8 Å². The molecule has 0 fully saturated rings. The highest BCUT2D eigenvalue weighted by molar-refractivity contribution is 6.31. The number of nitrogens with zero attached hydrogens (tertiary/aromatic N) is 2. The van der Waals surface area contributed by atoms with E-state index in [1.54, 1.807) is 30.3 Å². The van der Waals surface area contributed by atoms with Crippen LogP contribution in [0.2, 0.25) is 5.02 Å². The summed E-state index contributed by atoms with van der Waals surface area (Å²) in [6.45, 7) is 0. The van der Waals surface area contributed by atoms with Gasteiger partial charge >= 0.3 is 0 Å². The Hall–Kier alpha value is -2.86. The van der Waals surface area contributed by atoms with Gasteiger partial charge in [0.05, 0.1) is 5.56 Å². The number of anilines is 1. The molecule has 7 heteroatoms. The Bertz CT molecular complexity index is 864. The van der Waals surface area contributed by atoms with Crippen molar-refractivity contribution in [3.63, 3.8) is 0 Å². The maximum Gasteiger partial charge on any atom is 0.287 e. The van der Waals surface area contributed by atoms with Gasteiger partial charge in [0.1, 0.15) is 11.9 Å². The first-order chi connectivity index (χ1) is 11.5. The smallest absolute Gasteiger partial charge is 0.287 e. The minimum atomic E-state index is -0.657. The zero-order valence-electron chi connectivity index (χ0n) is 12.2. The van der Waals surface area contributed by atoms with Crippen LogP contribution < -0.4 is 5.32 Å². The average Bonchev–Trinajstić information content (AvgIpc) is 2.58. The molecule has 2 aromatic carbocycles. The third kappa shape index (κ3) is 3.55. The summed E-state index contributed by atoms with van der Waals surface area (Å²) in [6.07, 6.45) is 2.96. The van der Waals surface area contributed by atoms with E-state index in [1.165, 1.54) is 18.2 Å². The lowest BCUT2D eigenvalue weighted by atomic mass is 10.1. The normalized spacial score (nSPS) is 16.2. The van der Waals surface area contributed by atoms with Crippen molar-refractivity contribution in [2.75, 3.05) is 5.32 Å². The van der Waals surface area contributed by atoms with Gasteiger partial charge in [-0.05, 0) is 42.0 Å². The Morgan fingerprint density at radius 2 is 2.04 bits per heavy atom. The second kappa shape index (κ2) is 6.72. The van der Waals surface area contributed by atoms with Crippen LogP contribution in [0.4, 0.5) is 10.1 Å². The van der Waals surface area contributed by atoms with Crippen LogP contribution >= 0.6 is 11.6 Å². The fourth-order valence-corrected chi connectivity index (χ4v) is 2.38. The van der Waals surface area contributed by atoms with Crippen LogP contribution in [0.25, 0.3) is 0 Å². The van der Waals surface area contributed by atoms with Crippen molar-refractivity contribution in [2.24, 2.45) is 10.2 Å². The molecule has 1 N–H and O–H groups in total. The van der Waals surface area contributed by atoms with Gasteiger partial charge < -0.3 is 5.32 Å². The Balaban J connectivity index is 1.81. The molecular weight excluding hydrogens is 333 g/mol. The maximum absolute atomic E-state index is 13.7. The summed E-state index contributed by atoms with van der Waals surface area (Å²) < 4.78 is 13.7. The van der Waals surface area contributed by atoms with E-state index in [9.17, 15) is 14.0 Å². The highest BCUT2D eigenvalue weighted by Gasteiger charge is 2.15. The van der Waals surface area contributed by atoms with Crippen molar-refractivity contribution < 1.29 is 14.0 Å². The number of nitrogens with one attached hydrogen (secondary N) is 1. The van der Waals surface area contributed by atoms with Gasteiger partial charge in [0.15, 0.2) is 0 Å². The van der Waals surface area contributed by atoms with Crippen molar-refractivity contribution in [1.29, 1.82) is 0 Å². The molecule has 120 valence electrons. The zero-order chi connectivity index (χ0) is 17.1. The molecule has 0 bridgehead atoms. The summed E-state index contributed by atoms with van der Waals surface area (Å²) in [5, 5.41) is 10.3. The summed E-state index contributed by atoms with van der Waals surface area (Å²) in [6, 6.07) is 10.2. The summed E-state index contributed by atoms with van der Waals surface area (Å²) in [5.74, 6) is -1.68. The first kappa shape index (κ1) is 16.0. The molecule has 1 aliphatic heterocycles. The Morgan fingerprint density at radius 3 is 2.79 bits per heavy atom. The van der Waals surface area contributed by atoms with Gasteiger partial charge in [-0.3, -0.25) is 9.59 Å². The molecule has 0 aliphatic carbocycles. The van der Waals surface area contributed by atoms with Gasteiger partial charge in [-0.1, -0.05) is 23.7 Å². The second-order valence-electron chi connectivity index (χ2n) is 5.06. The molecule has 0 saturated heterocycles. The molecule has 5 nitrogen and oxygen atoms in total. The van der Waals surface area contributed by atoms with Crippen molar-refractivity contribution in [3.05, 3.63) is 76.6 Å². The molecular formula is C17H11ClFN3O2. The standard InChI is InChI=1S/C17H11ClFN3O2/c18-11-4-5-14(19)13(9-11)17(24)20-12-3-1-2-10(8-12)15-6-7-16(23)22-21-15/h1-9,15H,(H,20,24). The van der Waals surface area contributed by atoms with E-state index in [0.29, 0.717) is 5.69 Å². The third-order valence-electron chi connectivity index (χ3n) is 3.36. The number of carbonyl (C=O) groups is 2. The minimum absolute atomic E-state index is 0.143. The molecule has 1 heterocycles. The lowest BCUT2D eigenvalue weighted by Crippen LogP contribution is -2.14. The van der Waals surface area contributed by atoms with Crippen molar-refractivity contribution in [1.82, 2.24) is 0 Å². The average molecular weight is 344 g/mol. The highest BCUT2D eigenvalue weighted by Crippen LogP contribution is 2.25. The first-order valence-electron chi connectivity index (χ1n) is 7.02. The number of halogens is 2. The lowest BCUT2D eigenvalue weighted by Gasteiger charge is -2.12. The van der Waals surface area contributed by atoms with E-state index in [1.807, 2.05) is 0 Å². The molecule has 0 spiro atoms. The van der Waals surface area contributed by atoms with E-state index in [0.717, 1.165) is 11.6 Å². The number of hydrogen-bond donors (Lipinski definition) is 1. The highest BCUT2D eigenvalue weighted by atomic mass is 35.5. The quantitative estimate of drug-likeness (QED) is 0.901. The molecule has 1 atom stereocenters. The Kier molecular flexibility index (Phi) is 4.48. The molecule has 1 aliphatic rings. The number of azo groups is 1. The molecule has 3 rings (SSSR count). The predicted octanol–water partition coefficient (Wildman–Crippen LogP) is 4.32. The number of hydrogen-bond acceptors (Lipinski definition) is 3. The molecule has 2 amide bonds. The first-order valence-corrected chi connectivity index (χ1v) is 7.40. The van der Waals surface area contributed by atoms with E-state index >= 15 is 0 Å². The number of rotatable bonds is 3. The van der Waals surface area contributed by atoms with Gasteiger partial charge in [0.25, 0.3) is 11.8 Å². The van der Waals surface area contributed by atoms with Crippen molar-refractivity contribution in [3.8, 4) is 0 Å². The lowest BCUT2D eigenvalue weighted by molar-refractivity contribution is -0.114. The van der Waals surface area contributed by atoms with Gasteiger partial charge in [0.2, 0.25) is 0 Å². The fourth-order valence-electron chi connectivity index (χ4n) is 2.21. The Labute approximate surface area is 141 Å². The maximum atomic E-state index is 13.7. The van der Waals surface area contributed by atoms with Gasteiger partial charge in [-0.2, -0.15) is 5.11 Å². The van der Waals surface area contributed by atoms with Crippen molar-refractivity contribution >= 4 is 29.1 Å². The minimum Gasteiger partial charge on any atom is -0.322 e. The van der Waals surface area contributed by atoms with E-state index in [-0.39, 0.29) is 10.6 Å². The van der Waals surface area contributed by atoms with E-state index in [4.69, 9.17) is 11.6 Å². The number of carbonyl (C=O) groups excluding carboxylic acids is 2. The summed E-state index contributed by atoms with van der Waals surface area (Å²) in [5.41, 5.74) is 1.07. The van der Waals surface area contributed by atoms with Crippen LogP contribution in [0.15, 0.2) is 64.8 Å². The molecule has 0 radical (unpaired) electrons. The van der Waals surface area contributed by atoms with Gasteiger partial charge in [-0.25, -0.2) is 4.39 Å².